The first-order chi connectivity index (χ1) is 9.20. The zero-order valence-electron chi connectivity index (χ0n) is 10.7. The van der Waals surface area contributed by atoms with Crippen molar-refractivity contribution in [1.29, 1.82) is 0 Å². The summed E-state index contributed by atoms with van der Waals surface area (Å²) in [5.41, 5.74) is 8.29. The number of rotatable bonds is 4. The Morgan fingerprint density at radius 2 is 1.95 bits per heavy atom. The van der Waals surface area contributed by atoms with Crippen molar-refractivity contribution in [2.45, 2.75) is 13.5 Å². The highest BCUT2D eigenvalue weighted by molar-refractivity contribution is 5.98. The van der Waals surface area contributed by atoms with Gasteiger partial charge in [0.1, 0.15) is 12.4 Å². The van der Waals surface area contributed by atoms with E-state index in [1.165, 1.54) is 0 Å². The lowest BCUT2D eigenvalue weighted by molar-refractivity contribution is 0.306. The van der Waals surface area contributed by atoms with Gasteiger partial charge in [0.25, 0.3) is 0 Å². The van der Waals surface area contributed by atoms with Crippen LogP contribution in [0.25, 0.3) is 0 Å². The van der Waals surface area contributed by atoms with E-state index >= 15 is 0 Å². The Labute approximate surface area is 112 Å². The van der Waals surface area contributed by atoms with E-state index in [-0.39, 0.29) is 5.84 Å². The smallest absolute Gasteiger partial charge is 0.170 e. The predicted molar refractivity (Wildman–Crippen MR) is 74.5 cm³/mol. The Kier molecular flexibility index (Phi) is 4.03. The average Bonchev–Trinajstić information content (AvgIpc) is 2.45. The van der Waals surface area contributed by atoms with E-state index in [1.807, 2.05) is 49.4 Å². The van der Waals surface area contributed by atoms with Crippen molar-refractivity contribution in [1.82, 2.24) is 0 Å². The van der Waals surface area contributed by atoms with Crippen LogP contribution in [0.1, 0.15) is 16.7 Å². The molecular weight excluding hydrogens is 240 g/mol. The number of nitrogens with zero attached hydrogens (tertiary/aromatic N) is 1. The molecular formula is C15H16N2O2. The van der Waals surface area contributed by atoms with Crippen LogP contribution in [-0.2, 0) is 6.61 Å². The maximum atomic E-state index is 8.67. The van der Waals surface area contributed by atoms with Crippen LogP contribution in [-0.4, -0.2) is 11.0 Å². The summed E-state index contributed by atoms with van der Waals surface area (Å²) in [6.45, 7) is 2.41. The second-order valence-corrected chi connectivity index (χ2v) is 4.24. The number of aryl methyl sites for hydroxylation is 1. The van der Waals surface area contributed by atoms with Gasteiger partial charge in [-0.15, -0.1) is 0 Å². The summed E-state index contributed by atoms with van der Waals surface area (Å²) >= 11 is 0. The molecule has 98 valence electrons. The van der Waals surface area contributed by atoms with Gasteiger partial charge in [-0.05, 0) is 36.2 Å². The van der Waals surface area contributed by atoms with Crippen LogP contribution in [0.5, 0.6) is 5.75 Å². The first kappa shape index (κ1) is 13.0. The average molecular weight is 256 g/mol. The highest BCUT2D eigenvalue weighted by atomic mass is 16.5. The molecule has 0 fully saturated rings. The molecule has 0 atom stereocenters. The van der Waals surface area contributed by atoms with Crippen LogP contribution >= 0.6 is 0 Å². The minimum Gasteiger partial charge on any atom is -0.489 e. The van der Waals surface area contributed by atoms with E-state index in [0.29, 0.717) is 12.2 Å². The summed E-state index contributed by atoms with van der Waals surface area (Å²) < 4.78 is 5.70. The van der Waals surface area contributed by atoms with Crippen molar-refractivity contribution in [3.8, 4) is 5.75 Å². The fourth-order valence-electron chi connectivity index (χ4n) is 1.81. The normalized spacial score (nSPS) is 11.3. The van der Waals surface area contributed by atoms with Crippen LogP contribution in [0, 0.1) is 6.92 Å². The van der Waals surface area contributed by atoms with Gasteiger partial charge in [0.15, 0.2) is 5.84 Å². The van der Waals surface area contributed by atoms with Gasteiger partial charge in [0, 0.05) is 5.56 Å². The molecule has 0 aliphatic heterocycles. The van der Waals surface area contributed by atoms with Crippen molar-refractivity contribution < 1.29 is 9.94 Å². The van der Waals surface area contributed by atoms with Crippen LogP contribution < -0.4 is 10.5 Å². The quantitative estimate of drug-likeness (QED) is 0.382. The SMILES string of the molecule is Cc1cc(OCc2ccccc2)ccc1/C(N)=N/O. The topological polar surface area (TPSA) is 67.8 Å². The highest BCUT2D eigenvalue weighted by Crippen LogP contribution is 2.18. The molecule has 0 amide bonds. The fourth-order valence-corrected chi connectivity index (χ4v) is 1.81. The van der Waals surface area contributed by atoms with Crippen LogP contribution in [0.3, 0.4) is 0 Å². The number of hydrogen-bond donors (Lipinski definition) is 2. The van der Waals surface area contributed by atoms with Crippen molar-refractivity contribution >= 4 is 5.84 Å². The number of oxime groups is 1. The Hall–Kier alpha value is -2.49. The molecule has 0 saturated heterocycles. The lowest BCUT2D eigenvalue weighted by Gasteiger charge is -2.09. The summed E-state index contributed by atoms with van der Waals surface area (Å²) in [6.07, 6.45) is 0. The third kappa shape index (κ3) is 3.25. The molecule has 0 aliphatic rings. The maximum Gasteiger partial charge on any atom is 0.170 e. The second kappa shape index (κ2) is 5.91. The molecule has 3 N–H and O–H groups in total. The van der Waals surface area contributed by atoms with Crippen molar-refractivity contribution in [3.63, 3.8) is 0 Å². The van der Waals surface area contributed by atoms with Gasteiger partial charge < -0.3 is 15.7 Å². The van der Waals surface area contributed by atoms with E-state index < -0.39 is 0 Å². The number of ether oxygens (including phenoxy) is 1. The first-order valence-corrected chi connectivity index (χ1v) is 5.96. The predicted octanol–water partition coefficient (Wildman–Crippen LogP) is 2.67. The zero-order valence-corrected chi connectivity index (χ0v) is 10.7. The molecule has 0 aromatic heterocycles. The van der Waals surface area contributed by atoms with Crippen molar-refractivity contribution in [2.75, 3.05) is 0 Å². The lowest BCUT2D eigenvalue weighted by Crippen LogP contribution is -2.14. The number of amidine groups is 1. The summed E-state index contributed by atoms with van der Waals surface area (Å²) in [5.74, 6) is 0.864. The van der Waals surface area contributed by atoms with E-state index in [0.717, 1.165) is 16.9 Å². The number of benzene rings is 2. The summed E-state index contributed by atoms with van der Waals surface area (Å²) in [6, 6.07) is 15.4. The third-order valence-electron chi connectivity index (χ3n) is 2.83. The molecule has 0 aliphatic carbocycles. The molecule has 2 aromatic rings. The van der Waals surface area contributed by atoms with Gasteiger partial charge >= 0.3 is 0 Å². The Morgan fingerprint density at radius 1 is 1.21 bits per heavy atom. The van der Waals surface area contributed by atoms with Gasteiger partial charge in [-0.2, -0.15) is 0 Å². The van der Waals surface area contributed by atoms with Crippen LogP contribution in [0.15, 0.2) is 53.7 Å². The van der Waals surface area contributed by atoms with Gasteiger partial charge in [0.05, 0.1) is 0 Å². The molecule has 0 radical (unpaired) electrons. The molecule has 4 nitrogen and oxygen atoms in total. The molecule has 19 heavy (non-hydrogen) atoms. The monoisotopic (exact) mass is 256 g/mol. The molecule has 0 heterocycles. The van der Waals surface area contributed by atoms with Gasteiger partial charge in [-0.1, -0.05) is 35.5 Å². The molecule has 0 spiro atoms. The second-order valence-electron chi connectivity index (χ2n) is 4.24. The molecule has 2 aromatic carbocycles. The zero-order chi connectivity index (χ0) is 13.7. The lowest BCUT2D eigenvalue weighted by atomic mass is 10.1. The van der Waals surface area contributed by atoms with E-state index in [9.17, 15) is 0 Å². The maximum absolute atomic E-state index is 8.67. The highest BCUT2D eigenvalue weighted by Gasteiger charge is 2.05. The summed E-state index contributed by atoms with van der Waals surface area (Å²) in [4.78, 5) is 0. The van der Waals surface area contributed by atoms with E-state index in [1.54, 1.807) is 6.07 Å². The van der Waals surface area contributed by atoms with Gasteiger partial charge in [-0.25, -0.2) is 0 Å². The number of hydrogen-bond acceptors (Lipinski definition) is 3. The third-order valence-corrected chi connectivity index (χ3v) is 2.83. The Balaban J connectivity index is 2.09. The van der Waals surface area contributed by atoms with E-state index in [2.05, 4.69) is 5.16 Å². The molecule has 0 saturated carbocycles. The Bertz CT molecular complexity index is 580. The van der Waals surface area contributed by atoms with Crippen molar-refractivity contribution in [2.24, 2.45) is 10.9 Å². The summed E-state index contributed by atoms with van der Waals surface area (Å²) in [5, 5.41) is 11.7. The van der Waals surface area contributed by atoms with Crippen LogP contribution in [0.2, 0.25) is 0 Å². The van der Waals surface area contributed by atoms with Gasteiger partial charge in [-0.3, -0.25) is 0 Å². The number of nitrogens with two attached hydrogens (primary N) is 1. The van der Waals surface area contributed by atoms with Crippen LogP contribution in [0.4, 0.5) is 0 Å². The van der Waals surface area contributed by atoms with E-state index in [4.69, 9.17) is 15.7 Å². The minimum absolute atomic E-state index is 0.104. The molecule has 0 bridgehead atoms. The van der Waals surface area contributed by atoms with Gasteiger partial charge in [0.2, 0.25) is 0 Å². The van der Waals surface area contributed by atoms with Crippen molar-refractivity contribution in [3.05, 3.63) is 65.2 Å². The molecule has 4 heteroatoms. The largest absolute Gasteiger partial charge is 0.489 e. The Morgan fingerprint density at radius 3 is 2.58 bits per heavy atom. The molecule has 0 unspecified atom stereocenters. The fraction of sp³-hybridized carbons (Fsp3) is 0.133. The summed E-state index contributed by atoms with van der Waals surface area (Å²) in [7, 11) is 0. The first-order valence-electron chi connectivity index (χ1n) is 5.96. The standard InChI is InChI=1S/C15H16N2O2/c1-11-9-13(7-8-14(11)15(16)17-18)19-10-12-5-3-2-4-6-12/h2-9,18H,10H2,1H3,(H2,16,17). The minimum atomic E-state index is 0.104. The molecule has 2 rings (SSSR count).